The first-order valence-electron chi connectivity index (χ1n) is 4.49. The molecule has 0 bridgehead atoms. The van der Waals surface area contributed by atoms with E-state index in [1.807, 2.05) is 6.92 Å². The molecule has 0 unspecified atom stereocenters. The van der Waals surface area contributed by atoms with E-state index in [-0.39, 0.29) is 21.8 Å². The number of rotatable bonds is 3. The van der Waals surface area contributed by atoms with E-state index in [9.17, 15) is 5.11 Å². The van der Waals surface area contributed by atoms with E-state index >= 15 is 0 Å². The maximum absolute atomic E-state index is 9.37. The lowest BCUT2D eigenvalue weighted by atomic mass is 10.0. The quantitative estimate of drug-likeness (QED) is 0.799. The summed E-state index contributed by atoms with van der Waals surface area (Å²) in [5.41, 5.74) is 7.71. The lowest BCUT2D eigenvalue weighted by molar-refractivity contribution is 0.475. The van der Waals surface area contributed by atoms with Gasteiger partial charge in [-0.05, 0) is 31.0 Å². The molecular weight excluding hydrogens is 233 g/mol. The van der Waals surface area contributed by atoms with Crippen LogP contribution in [0.3, 0.4) is 0 Å². The number of hydrogen-bond acceptors (Lipinski definition) is 2. The first-order valence-corrected chi connectivity index (χ1v) is 5.25. The summed E-state index contributed by atoms with van der Waals surface area (Å²) in [5, 5.41) is 9.81. The van der Waals surface area contributed by atoms with Crippen LogP contribution in [0.2, 0.25) is 10.0 Å². The molecule has 0 heterocycles. The number of hydrogen-bond donors (Lipinski definition) is 2. The van der Waals surface area contributed by atoms with E-state index in [0.29, 0.717) is 6.42 Å². The van der Waals surface area contributed by atoms with Gasteiger partial charge in [-0.15, -0.1) is 6.58 Å². The minimum atomic E-state index is -0.196. The molecule has 4 heteroatoms. The van der Waals surface area contributed by atoms with E-state index in [1.165, 1.54) is 0 Å². The van der Waals surface area contributed by atoms with Gasteiger partial charge >= 0.3 is 0 Å². The fourth-order valence-electron chi connectivity index (χ4n) is 1.29. The topological polar surface area (TPSA) is 46.2 Å². The minimum Gasteiger partial charge on any atom is -0.505 e. The van der Waals surface area contributed by atoms with Crippen LogP contribution in [0.5, 0.6) is 5.75 Å². The molecule has 1 rings (SSSR count). The maximum atomic E-state index is 9.37. The zero-order chi connectivity index (χ0) is 11.6. The number of halogens is 2. The Hall–Kier alpha value is -0.700. The third kappa shape index (κ3) is 3.13. The Balaban J connectivity index is 3.00. The standard InChI is InChI=1S/C11H13Cl2NO/c1-6(2)3-10(14)7-4-8(12)11(15)9(13)5-7/h4-5,10,15H,1,3,14H2,2H3/t10-/m1/s1. The van der Waals surface area contributed by atoms with Gasteiger partial charge in [0.2, 0.25) is 0 Å². The van der Waals surface area contributed by atoms with E-state index in [4.69, 9.17) is 28.9 Å². The normalized spacial score (nSPS) is 12.5. The number of phenolic OH excluding ortho intramolecular Hbond substituents is 1. The van der Waals surface area contributed by atoms with Crippen LogP contribution in [0.4, 0.5) is 0 Å². The largest absolute Gasteiger partial charge is 0.505 e. The van der Waals surface area contributed by atoms with Gasteiger partial charge in [0.05, 0.1) is 10.0 Å². The van der Waals surface area contributed by atoms with Crippen LogP contribution in [0.15, 0.2) is 24.3 Å². The van der Waals surface area contributed by atoms with Gasteiger partial charge in [-0.2, -0.15) is 0 Å². The molecule has 0 radical (unpaired) electrons. The van der Waals surface area contributed by atoms with Crippen molar-refractivity contribution in [1.29, 1.82) is 0 Å². The minimum absolute atomic E-state index is 0.107. The molecule has 15 heavy (non-hydrogen) atoms. The highest BCUT2D eigenvalue weighted by Crippen LogP contribution is 2.35. The Labute approximate surface area is 99.3 Å². The van der Waals surface area contributed by atoms with Gasteiger partial charge < -0.3 is 10.8 Å². The van der Waals surface area contributed by atoms with Crippen LogP contribution in [-0.4, -0.2) is 5.11 Å². The Morgan fingerprint density at radius 2 is 1.93 bits per heavy atom. The van der Waals surface area contributed by atoms with Gasteiger partial charge in [-0.25, -0.2) is 0 Å². The van der Waals surface area contributed by atoms with Crippen molar-refractivity contribution in [2.24, 2.45) is 5.73 Å². The summed E-state index contributed by atoms with van der Waals surface area (Å²) in [6.45, 7) is 5.69. The van der Waals surface area contributed by atoms with Gasteiger partial charge in [0.15, 0.2) is 5.75 Å². The van der Waals surface area contributed by atoms with Crippen LogP contribution in [0.25, 0.3) is 0 Å². The maximum Gasteiger partial charge on any atom is 0.152 e. The van der Waals surface area contributed by atoms with Crippen LogP contribution in [-0.2, 0) is 0 Å². The first kappa shape index (κ1) is 12.4. The molecule has 0 spiro atoms. The molecule has 2 nitrogen and oxygen atoms in total. The second kappa shape index (κ2) is 4.88. The average molecular weight is 246 g/mol. The van der Waals surface area contributed by atoms with Crippen molar-refractivity contribution in [3.8, 4) is 5.75 Å². The molecule has 3 N–H and O–H groups in total. The molecule has 0 saturated carbocycles. The molecule has 0 aliphatic carbocycles. The molecule has 1 atom stereocenters. The summed E-state index contributed by atoms with van der Waals surface area (Å²) in [5.74, 6) is -0.107. The first-order chi connectivity index (χ1) is 6.91. The molecule has 1 aromatic carbocycles. The molecule has 0 fully saturated rings. The summed E-state index contributed by atoms with van der Waals surface area (Å²) in [6.07, 6.45) is 0.664. The summed E-state index contributed by atoms with van der Waals surface area (Å²) in [6, 6.07) is 3.05. The van der Waals surface area contributed by atoms with Crippen LogP contribution < -0.4 is 5.73 Å². The second-order valence-electron chi connectivity index (χ2n) is 3.60. The van der Waals surface area contributed by atoms with E-state index in [2.05, 4.69) is 6.58 Å². The fourth-order valence-corrected chi connectivity index (χ4v) is 1.80. The van der Waals surface area contributed by atoms with Crippen molar-refractivity contribution in [3.05, 3.63) is 39.9 Å². The van der Waals surface area contributed by atoms with Crippen molar-refractivity contribution in [2.45, 2.75) is 19.4 Å². The van der Waals surface area contributed by atoms with E-state index in [0.717, 1.165) is 11.1 Å². The highest BCUT2D eigenvalue weighted by Gasteiger charge is 2.11. The van der Waals surface area contributed by atoms with Crippen LogP contribution in [0.1, 0.15) is 24.9 Å². The summed E-state index contributed by atoms with van der Waals surface area (Å²) >= 11 is 11.6. The van der Waals surface area contributed by atoms with E-state index in [1.54, 1.807) is 12.1 Å². The zero-order valence-corrected chi connectivity index (χ0v) is 9.94. The molecule has 82 valence electrons. The van der Waals surface area contributed by atoms with Crippen LogP contribution >= 0.6 is 23.2 Å². The third-order valence-corrected chi connectivity index (χ3v) is 2.61. The van der Waals surface area contributed by atoms with Crippen molar-refractivity contribution >= 4 is 23.2 Å². The Morgan fingerprint density at radius 3 is 2.33 bits per heavy atom. The van der Waals surface area contributed by atoms with Crippen molar-refractivity contribution < 1.29 is 5.11 Å². The van der Waals surface area contributed by atoms with Gasteiger partial charge in [-0.3, -0.25) is 0 Å². The highest BCUT2D eigenvalue weighted by atomic mass is 35.5. The zero-order valence-electron chi connectivity index (χ0n) is 8.43. The van der Waals surface area contributed by atoms with Gasteiger partial charge in [-0.1, -0.05) is 28.8 Å². The number of phenols is 1. The number of aromatic hydroxyl groups is 1. The van der Waals surface area contributed by atoms with Gasteiger partial charge in [0, 0.05) is 6.04 Å². The molecule has 0 amide bonds. The average Bonchev–Trinajstić information content (AvgIpc) is 2.12. The molecule has 0 aromatic heterocycles. The smallest absolute Gasteiger partial charge is 0.152 e. The molecule has 1 aromatic rings. The predicted octanol–water partition coefficient (Wildman–Crippen LogP) is 3.67. The van der Waals surface area contributed by atoms with Gasteiger partial charge in [0.1, 0.15) is 0 Å². The predicted molar refractivity (Wildman–Crippen MR) is 64.5 cm³/mol. The molecular formula is C11H13Cl2NO. The lowest BCUT2D eigenvalue weighted by Gasteiger charge is -2.13. The molecule has 0 aliphatic heterocycles. The monoisotopic (exact) mass is 245 g/mol. The van der Waals surface area contributed by atoms with Crippen molar-refractivity contribution in [3.63, 3.8) is 0 Å². The lowest BCUT2D eigenvalue weighted by Crippen LogP contribution is -2.10. The van der Waals surface area contributed by atoms with Crippen molar-refractivity contribution in [2.75, 3.05) is 0 Å². The van der Waals surface area contributed by atoms with E-state index < -0.39 is 0 Å². The van der Waals surface area contributed by atoms with Crippen molar-refractivity contribution in [1.82, 2.24) is 0 Å². The molecule has 0 aliphatic rings. The Bertz CT molecular complexity index is 367. The Kier molecular flexibility index (Phi) is 4.03. The number of benzene rings is 1. The highest BCUT2D eigenvalue weighted by molar-refractivity contribution is 6.37. The van der Waals surface area contributed by atoms with Crippen LogP contribution in [0, 0.1) is 0 Å². The van der Waals surface area contributed by atoms with Gasteiger partial charge in [0.25, 0.3) is 0 Å². The second-order valence-corrected chi connectivity index (χ2v) is 4.42. The SMILES string of the molecule is C=C(C)C[C@@H](N)c1cc(Cl)c(O)c(Cl)c1. The molecule has 0 saturated heterocycles. The summed E-state index contributed by atoms with van der Waals surface area (Å²) in [4.78, 5) is 0. The third-order valence-electron chi connectivity index (χ3n) is 2.04. The Morgan fingerprint density at radius 1 is 1.47 bits per heavy atom. The fraction of sp³-hybridized carbons (Fsp3) is 0.273. The number of nitrogens with two attached hydrogens (primary N) is 1. The summed E-state index contributed by atoms with van der Waals surface area (Å²) < 4.78 is 0. The summed E-state index contributed by atoms with van der Waals surface area (Å²) in [7, 11) is 0.